The molecule has 2 amide bonds. The number of rotatable bonds is 7. The molecule has 0 aliphatic rings. The van der Waals surface area contributed by atoms with Gasteiger partial charge in [-0.25, -0.2) is 9.59 Å². The van der Waals surface area contributed by atoms with E-state index in [1.807, 2.05) is 0 Å². The van der Waals surface area contributed by atoms with E-state index < -0.39 is 23.5 Å². The van der Waals surface area contributed by atoms with E-state index in [2.05, 4.69) is 10.6 Å². The molecule has 0 aromatic heterocycles. The van der Waals surface area contributed by atoms with Gasteiger partial charge >= 0.3 is 12.0 Å². The topological polar surface area (TPSA) is 131 Å². The highest BCUT2D eigenvalue weighted by Crippen LogP contribution is 2.22. The molecule has 114 valence electrons. The third kappa shape index (κ3) is 5.87. The summed E-state index contributed by atoms with van der Waals surface area (Å²) >= 11 is 0. The number of nitro groups is 1. The zero-order valence-electron chi connectivity index (χ0n) is 11.3. The molecular weight excluding hydrogens is 282 g/mol. The Morgan fingerprint density at radius 2 is 2.14 bits per heavy atom. The van der Waals surface area contributed by atoms with Gasteiger partial charge in [0.25, 0.3) is 5.69 Å². The molecule has 9 heteroatoms. The number of carbonyl (C=O) groups excluding carboxylic acids is 1. The van der Waals surface area contributed by atoms with Crippen molar-refractivity contribution in [3.8, 4) is 0 Å². The van der Waals surface area contributed by atoms with Gasteiger partial charge in [0.05, 0.1) is 11.5 Å². The molecule has 0 aliphatic heterocycles. The molecule has 0 spiro atoms. The molecule has 3 N–H and O–H groups in total. The van der Waals surface area contributed by atoms with Gasteiger partial charge in [0.2, 0.25) is 0 Å². The standard InChI is InChI=1S/C12H15N3O6/c1-8-2-3-9(6-10(8)15(19)20)14-12(18)13-4-5-21-7-11(16)17/h2-3,6H,4-5,7H2,1H3,(H,16,17)(H2,13,14,18). The van der Waals surface area contributed by atoms with Gasteiger partial charge in [-0.05, 0) is 13.0 Å². The summed E-state index contributed by atoms with van der Waals surface area (Å²) in [5.41, 5.74) is 0.696. The van der Waals surface area contributed by atoms with Crippen molar-refractivity contribution in [1.29, 1.82) is 0 Å². The lowest BCUT2D eigenvalue weighted by molar-refractivity contribution is -0.385. The molecule has 0 bridgehead atoms. The highest BCUT2D eigenvalue weighted by Gasteiger charge is 2.12. The number of nitrogens with zero attached hydrogens (tertiary/aromatic N) is 1. The van der Waals surface area contributed by atoms with Gasteiger partial charge in [0.1, 0.15) is 6.61 Å². The van der Waals surface area contributed by atoms with Crippen molar-refractivity contribution in [2.75, 3.05) is 25.1 Å². The molecule has 9 nitrogen and oxygen atoms in total. The van der Waals surface area contributed by atoms with E-state index in [9.17, 15) is 19.7 Å². The van der Waals surface area contributed by atoms with E-state index in [-0.39, 0.29) is 24.5 Å². The number of hydrogen-bond acceptors (Lipinski definition) is 5. The number of amides is 2. The van der Waals surface area contributed by atoms with E-state index in [1.54, 1.807) is 13.0 Å². The second-order valence-electron chi connectivity index (χ2n) is 4.09. The van der Waals surface area contributed by atoms with Crippen molar-refractivity contribution in [2.24, 2.45) is 0 Å². The van der Waals surface area contributed by atoms with Crippen LogP contribution in [0.2, 0.25) is 0 Å². The Kier molecular flexibility index (Phi) is 6.08. The Morgan fingerprint density at radius 1 is 1.43 bits per heavy atom. The van der Waals surface area contributed by atoms with Crippen LogP contribution in [0.25, 0.3) is 0 Å². The molecule has 0 saturated heterocycles. The maximum absolute atomic E-state index is 11.5. The summed E-state index contributed by atoms with van der Waals surface area (Å²) < 4.78 is 4.73. The first-order valence-electron chi connectivity index (χ1n) is 5.99. The van der Waals surface area contributed by atoms with E-state index in [1.165, 1.54) is 12.1 Å². The summed E-state index contributed by atoms with van der Waals surface area (Å²) in [7, 11) is 0. The second-order valence-corrected chi connectivity index (χ2v) is 4.09. The van der Waals surface area contributed by atoms with E-state index in [0.717, 1.165) is 0 Å². The first kappa shape index (κ1) is 16.4. The predicted molar refractivity (Wildman–Crippen MR) is 73.3 cm³/mol. The van der Waals surface area contributed by atoms with Gasteiger partial charge in [0, 0.05) is 23.9 Å². The molecule has 0 radical (unpaired) electrons. The van der Waals surface area contributed by atoms with Crippen molar-refractivity contribution in [3.05, 3.63) is 33.9 Å². The van der Waals surface area contributed by atoms with E-state index in [4.69, 9.17) is 9.84 Å². The van der Waals surface area contributed by atoms with Crippen LogP contribution in [0.1, 0.15) is 5.56 Å². The van der Waals surface area contributed by atoms with Gasteiger partial charge < -0.3 is 20.5 Å². The number of nitrogens with one attached hydrogen (secondary N) is 2. The minimum atomic E-state index is -1.09. The lowest BCUT2D eigenvalue weighted by Gasteiger charge is -2.08. The van der Waals surface area contributed by atoms with Gasteiger partial charge in [0.15, 0.2) is 0 Å². The number of carbonyl (C=O) groups is 2. The van der Waals surface area contributed by atoms with Crippen LogP contribution in [-0.4, -0.2) is 41.8 Å². The molecule has 0 aliphatic carbocycles. The minimum absolute atomic E-state index is 0.0494. The minimum Gasteiger partial charge on any atom is -0.480 e. The molecule has 0 heterocycles. The Balaban J connectivity index is 2.43. The fraction of sp³-hybridized carbons (Fsp3) is 0.333. The number of hydrogen-bond donors (Lipinski definition) is 3. The lowest BCUT2D eigenvalue weighted by atomic mass is 10.2. The Morgan fingerprint density at radius 3 is 2.76 bits per heavy atom. The summed E-state index contributed by atoms with van der Waals surface area (Å²) in [6.07, 6.45) is 0. The van der Waals surface area contributed by atoms with Gasteiger partial charge in [-0.1, -0.05) is 6.07 Å². The zero-order valence-corrected chi connectivity index (χ0v) is 11.3. The number of aliphatic carboxylic acids is 1. The third-order valence-electron chi connectivity index (χ3n) is 2.42. The molecule has 1 aromatic rings. The highest BCUT2D eigenvalue weighted by molar-refractivity contribution is 5.89. The smallest absolute Gasteiger partial charge is 0.329 e. The van der Waals surface area contributed by atoms with Crippen LogP contribution in [0.4, 0.5) is 16.2 Å². The average Bonchev–Trinajstić information content (AvgIpc) is 2.40. The molecule has 0 unspecified atom stereocenters. The van der Waals surface area contributed by atoms with E-state index in [0.29, 0.717) is 5.56 Å². The molecule has 0 saturated carbocycles. The number of benzene rings is 1. The number of carboxylic acid groups (broad SMARTS) is 1. The van der Waals surface area contributed by atoms with Crippen LogP contribution < -0.4 is 10.6 Å². The van der Waals surface area contributed by atoms with Crippen LogP contribution in [-0.2, 0) is 9.53 Å². The van der Waals surface area contributed by atoms with Crippen LogP contribution in [0.15, 0.2) is 18.2 Å². The Hall–Kier alpha value is -2.68. The second kappa shape index (κ2) is 7.80. The number of anilines is 1. The molecular formula is C12H15N3O6. The quantitative estimate of drug-likeness (QED) is 0.393. The fourth-order valence-corrected chi connectivity index (χ4v) is 1.46. The summed E-state index contributed by atoms with van der Waals surface area (Å²) in [5, 5.41) is 24.0. The van der Waals surface area contributed by atoms with Crippen molar-refractivity contribution in [2.45, 2.75) is 6.92 Å². The number of ether oxygens (including phenoxy) is 1. The predicted octanol–water partition coefficient (Wildman–Crippen LogP) is 1.13. The largest absolute Gasteiger partial charge is 0.480 e. The summed E-state index contributed by atoms with van der Waals surface area (Å²) in [6.45, 7) is 1.33. The number of nitro benzene ring substituents is 1. The van der Waals surface area contributed by atoms with Gasteiger partial charge in [-0.3, -0.25) is 10.1 Å². The monoisotopic (exact) mass is 297 g/mol. The fourth-order valence-electron chi connectivity index (χ4n) is 1.46. The van der Waals surface area contributed by atoms with Crippen molar-refractivity contribution in [1.82, 2.24) is 5.32 Å². The summed E-state index contributed by atoms with van der Waals surface area (Å²) in [5.74, 6) is -1.09. The van der Waals surface area contributed by atoms with Crippen molar-refractivity contribution >= 4 is 23.4 Å². The van der Waals surface area contributed by atoms with Crippen LogP contribution in [0.3, 0.4) is 0 Å². The van der Waals surface area contributed by atoms with Gasteiger partial charge in [-0.15, -0.1) is 0 Å². The maximum Gasteiger partial charge on any atom is 0.329 e. The van der Waals surface area contributed by atoms with Crippen LogP contribution in [0.5, 0.6) is 0 Å². The number of urea groups is 1. The third-order valence-corrected chi connectivity index (χ3v) is 2.42. The van der Waals surface area contributed by atoms with Crippen LogP contribution in [0, 0.1) is 17.0 Å². The van der Waals surface area contributed by atoms with Crippen LogP contribution >= 0.6 is 0 Å². The van der Waals surface area contributed by atoms with E-state index >= 15 is 0 Å². The normalized spacial score (nSPS) is 9.95. The molecule has 21 heavy (non-hydrogen) atoms. The maximum atomic E-state index is 11.5. The summed E-state index contributed by atoms with van der Waals surface area (Å²) in [4.78, 5) is 31.9. The van der Waals surface area contributed by atoms with Gasteiger partial charge in [-0.2, -0.15) is 0 Å². The molecule has 1 rings (SSSR count). The first-order valence-corrected chi connectivity index (χ1v) is 5.99. The number of aryl methyl sites for hydroxylation is 1. The Bertz CT molecular complexity index is 546. The number of carboxylic acids is 1. The molecule has 0 fully saturated rings. The lowest BCUT2D eigenvalue weighted by Crippen LogP contribution is -2.32. The van der Waals surface area contributed by atoms with Crippen molar-refractivity contribution < 1.29 is 24.4 Å². The highest BCUT2D eigenvalue weighted by atomic mass is 16.6. The Labute approximate surface area is 120 Å². The zero-order chi connectivity index (χ0) is 15.8. The SMILES string of the molecule is Cc1ccc(NC(=O)NCCOCC(=O)O)cc1[N+](=O)[O-]. The van der Waals surface area contributed by atoms with Crippen molar-refractivity contribution in [3.63, 3.8) is 0 Å². The average molecular weight is 297 g/mol. The summed E-state index contributed by atoms with van der Waals surface area (Å²) in [6, 6.07) is 3.77. The molecule has 0 atom stereocenters. The first-order chi connectivity index (χ1) is 9.90. The molecule has 1 aromatic carbocycles.